The van der Waals surface area contributed by atoms with Crippen molar-refractivity contribution in [3.63, 3.8) is 0 Å². The second-order valence-electron chi connectivity index (χ2n) is 9.28. The van der Waals surface area contributed by atoms with Crippen LogP contribution in [0.5, 0.6) is 0 Å². The molecule has 1 saturated heterocycles. The summed E-state index contributed by atoms with van der Waals surface area (Å²) in [5.41, 5.74) is 2.97. The van der Waals surface area contributed by atoms with Gasteiger partial charge in [-0.2, -0.15) is 0 Å². The number of halogens is 1. The summed E-state index contributed by atoms with van der Waals surface area (Å²) in [5, 5.41) is 18.2. The number of rotatable bonds is 6. The van der Waals surface area contributed by atoms with Crippen molar-refractivity contribution in [2.75, 3.05) is 49.6 Å². The van der Waals surface area contributed by atoms with Gasteiger partial charge in [-0.05, 0) is 48.2 Å². The molecular formula is C29H30FN3O5. The third-order valence-electron chi connectivity index (χ3n) is 6.94. The lowest BCUT2D eigenvalue weighted by Crippen LogP contribution is -2.47. The first kappa shape index (κ1) is 26.8. The van der Waals surface area contributed by atoms with Gasteiger partial charge in [-0.1, -0.05) is 36.4 Å². The van der Waals surface area contributed by atoms with Crippen molar-refractivity contribution in [3.05, 3.63) is 84.2 Å². The smallest absolute Gasteiger partial charge is 0.328 e. The zero-order chi connectivity index (χ0) is 27.2. The summed E-state index contributed by atoms with van der Waals surface area (Å²) in [7, 11) is 1.78. The van der Waals surface area contributed by atoms with E-state index in [-0.39, 0.29) is 17.6 Å². The fourth-order valence-electron chi connectivity index (χ4n) is 5.03. The van der Waals surface area contributed by atoms with Crippen LogP contribution in [0.15, 0.2) is 72.8 Å². The van der Waals surface area contributed by atoms with Gasteiger partial charge in [-0.15, -0.1) is 0 Å². The third-order valence-corrected chi connectivity index (χ3v) is 6.94. The number of benzene rings is 3. The summed E-state index contributed by atoms with van der Waals surface area (Å²) in [6.07, 6.45) is 1.85. The summed E-state index contributed by atoms with van der Waals surface area (Å²) in [6.45, 7) is 4.73. The lowest BCUT2D eigenvalue weighted by atomic mass is 9.96. The summed E-state index contributed by atoms with van der Waals surface area (Å²) in [6, 6.07) is 19.7. The van der Waals surface area contributed by atoms with Crippen LogP contribution >= 0.6 is 0 Å². The number of hydrogen-bond acceptors (Lipinski definition) is 5. The maximum absolute atomic E-state index is 13.8. The number of aliphatic carboxylic acids is 2. The van der Waals surface area contributed by atoms with Crippen LogP contribution < -0.4 is 9.80 Å². The van der Waals surface area contributed by atoms with Crippen LogP contribution in [-0.2, 0) is 14.4 Å². The molecule has 9 heteroatoms. The lowest BCUT2D eigenvalue weighted by molar-refractivity contribution is -0.134. The molecule has 0 spiro atoms. The molecule has 1 fully saturated rings. The molecule has 1 amide bonds. The maximum atomic E-state index is 13.8. The van der Waals surface area contributed by atoms with E-state index in [4.69, 9.17) is 10.2 Å². The van der Waals surface area contributed by atoms with E-state index in [0.29, 0.717) is 12.2 Å². The maximum Gasteiger partial charge on any atom is 0.328 e. The molecule has 0 aliphatic carbocycles. The van der Waals surface area contributed by atoms with Gasteiger partial charge < -0.3 is 20.0 Å². The molecule has 0 saturated carbocycles. The Bertz CT molecular complexity index is 1350. The fourth-order valence-corrected chi connectivity index (χ4v) is 5.03. The summed E-state index contributed by atoms with van der Waals surface area (Å²) in [4.78, 5) is 38.3. The van der Waals surface area contributed by atoms with Crippen molar-refractivity contribution in [3.8, 4) is 0 Å². The Balaban J connectivity index is 0.000000368. The molecule has 2 heterocycles. The summed E-state index contributed by atoms with van der Waals surface area (Å²) < 4.78 is 13.8. The van der Waals surface area contributed by atoms with Gasteiger partial charge in [-0.3, -0.25) is 9.69 Å². The number of hydrogen-bond donors (Lipinski definition) is 2. The Morgan fingerprint density at radius 2 is 1.58 bits per heavy atom. The Morgan fingerprint density at radius 1 is 0.921 bits per heavy atom. The monoisotopic (exact) mass is 519 g/mol. The first-order valence-corrected chi connectivity index (χ1v) is 12.4. The molecule has 0 radical (unpaired) electrons. The van der Waals surface area contributed by atoms with Gasteiger partial charge in [0.05, 0.1) is 5.92 Å². The molecular weight excluding hydrogens is 489 g/mol. The highest BCUT2D eigenvalue weighted by Crippen LogP contribution is 2.38. The van der Waals surface area contributed by atoms with E-state index in [9.17, 15) is 18.8 Å². The first-order chi connectivity index (χ1) is 18.2. The van der Waals surface area contributed by atoms with Crippen LogP contribution in [0.4, 0.5) is 15.8 Å². The lowest BCUT2D eigenvalue weighted by Gasteiger charge is -2.37. The number of carbonyl (C=O) groups excluding carboxylic acids is 1. The molecule has 0 bridgehead atoms. The minimum Gasteiger partial charge on any atom is -0.478 e. The van der Waals surface area contributed by atoms with Crippen LogP contribution in [0.1, 0.15) is 17.9 Å². The minimum atomic E-state index is -1.26. The Labute approximate surface area is 220 Å². The Morgan fingerprint density at radius 3 is 2.26 bits per heavy atom. The standard InChI is InChI=1S/C25H26FN3O.C4H4O4/c1-27-23-10-9-19(26)17-22(23)21(25(27)30)11-12-28-13-15-29(16-14-28)24-8-4-6-18-5-2-3-7-20(18)24;5-3(6)1-2-4(7)8/h2-10,17,21H,11-16H2,1H3;1-2H,(H,5,6)(H,7,8)/b;2-1+. The van der Waals surface area contributed by atoms with Crippen molar-refractivity contribution in [1.29, 1.82) is 0 Å². The second-order valence-corrected chi connectivity index (χ2v) is 9.28. The molecule has 2 N–H and O–H groups in total. The Hall–Kier alpha value is -4.24. The van der Waals surface area contributed by atoms with Crippen LogP contribution in [0, 0.1) is 5.82 Å². The SMILES string of the molecule is CN1C(=O)C(CCN2CCN(c3cccc4ccccc34)CC2)c2cc(F)ccc21.O=C(O)/C=C/C(=O)O. The number of nitrogens with zero attached hydrogens (tertiary/aromatic N) is 3. The van der Waals surface area contributed by atoms with Crippen LogP contribution in [0.25, 0.3) is 10.8 Å². The molecule has 8 nitrogen and oxygen atoms in total. The highest BCUT2D eigenvalue weighted by Gasteiger charge is 2.35. The van der Waals surface area contributed by atoms with E-state index in [1.165, 1.54) is 28.6 Å². The molecule has 3 aromatic rings. The van der Waals surface area contributed by atoms with Gasteiger partial charge in [0, 0.05) is 62.1 Å². The van der Waals surface area contributed by atoms with Crippen LogP contribution in [-0.4, -0.2) is 72.7 Å². The molecule has 1 atom stereocenters. The number of amides is 1. The number of piperazine rings is 1. The van der Waals surface area contributed by atoms with Gasteiger partial charge in [0.2, 0.25) is 5.91 Å². The van der Waals surface area contributed by atoms with Gasteiger partial charge in [0.25, 0.3) is 0 Å². The average Bonchev–Trinajstić information content (AvgIpc) is 3.15. The van der Waals surface area contributed by atoms with Gasteiger partial charge in [-0.25, -0.2) is 14.0 Å². The molecule has 198 valence electrons. The van der Waals surface area contributed by atoms with Crippen molar-refractivity contribution >= 4 is 40.0 Å². The number of carbonyl (C=O) groups is 3. The van der Waals surface area contributed by atoms with Crippen LogP contribution in [0.3, 0.4) is 0 Å². The fraction of sp³-hybridized carbons (Fsp3) is 0.276. The molecule has 38 heavy (non-hydrogen) atoms. The van der Waals surface area contributed by atoms with E-state index in [2.05, 4.69) is 52.3 Å². The van der Waals surface area contributed by atoms with E-state index in [0.717, 1.165) is 50.4 Å². The van der Waals surface area contributed by atoms with E-state index < -0.39 is 11.9 Å². The average molecular weight is 520 g/mol. The highest BCUT2D eigenvalue weighted by atomic mass is 19.1. The number of anilines is 2. The number of carboxylic acids is 2. The molecule has 2 aliphatic heterocycles. The topological polar surface area (TPSA) is 101 Å². The second kappa shape index (κ2) is 11.9. The van der Waals surface area contributed by atoms with Gasteiger partial charge in [0.1, 0.15) is 5.82 Å². The number of carboxylic acid groups (broad SMARTS) is 2. The summed E-state index contributed by atoms with van der Waals surface area (Å²) >= 11 is 0. The van der Waals surface area contributed by atoms with Crippen molar-refractivity contribution in [2.45, 2.75) is 12.3 Å². The first-order valence-electron chi connectivity index (χ1n) is 12.4. The van der Waals surface area contributed by atoms with E-state index in [1.807, 2.05) is 0 Å². The summed E-state index contributed by atoms with van der Waals surface area (Å²) in [5.74, 6) is -2.95. The molecule has 1 unspecified atom stereocenters. The molecule has 3 aromatic carbocycles. The normalized spacial score (nSPS) is 17.4. The van der Waals surface area contributed by atoms with Crippen LogP contribution in [0.2, 0.25) is 0 Å². The Kier molecular flexibility index (Phi) is 8.38. The highest BCUT2D eigenvalue weighted by molar-refractivity contribution is 6.04. The quantitative estimate of drug-likeness (QED) is 0.476. The molecule has 5 rings (SSSR count). The zero-order valence-electron chi connectivity index (χ0n) is 21.1. The predicted octanol–water partition coefficient (Wildman–Crippen LogP) is 3.96. The number of likely N-dealkylation sites (N-methyl/N-ethyl adjacent to an activating group) is 1. The number of fused-ring (bicyclic) bond motifs is 2. The third kappa shape index (κ3) is 6.18. The minimum absolute atomic E-state index is 0.0741. The van der Waals surface area contributed by atoms with Gasteiger partial charge >= 0.3 is 11.9 Å². The predicted molar refractivity (Wildman–Crippen MR) is 144 cm³/mol. The van der Waals surface area contributed by atoms with E-state index in [1.54, 1.807) is 18.0 Å². The largest absolute Gasteiger partial charge is 0.478 e. The van der Waals surface area contributed by atoms with Crippen molar-refractivity contribution in [1.82, 2.24) is 4.90 Å². The van der Waals surface area contributed by atoms with Crippen molar-refractivity contribution in [2.24, 2.45) is 0 Å². The van der Waals surface area contributed by atoms with E-state index >= 15 is 0 Å². The van der Waals surface area contributed by atoms with Crippen molar-refractivity contribution < 1.29 is 29.0 Å². The zero-order valence-corrected chi connectivity index (χ0v) is 21.1. The molecule has 0 aromatic heterocycles. The molecule has 2 aliphatic rings. The van der Waals surface area contributed by atoms with Gasteiger partial charge in [0.15, 0.2) is 0 Å².